The molecular weight excluding hydrogens is 381 g/mol. The molecule has 0 amide bonds. The van der Waals surface area contributed by atoms with Crippen LogP contribution in [0, 0.1) is 5.92 Å². The molecule has 0 saturated carbocycles. The number of hydrogen-bond donors (Lipinski definition) is 1. The van der Waals surface area contributed by atoms with Gasteiger partial charge < -0.3 is 10.1 Å². The summed E-state index contributed by atoms with van der Waals surface area (Å²) in [6, 6.07) is 13.9. The summed E-state index contributed by atoms with van der Waals surface area (Å²) in [5.41, 5.74) is 0.553. The highest BCUT2D eigenvalue weighted by molar-refractivity contribution is 5.57. The van der Waals surface area contributed by atoms with Gasteiger partial charge in [-0.1, -0.05) is 30.3 Å². The van der Waals surface area contributed by atoms with Crippen molar-refractivity contribution in [2.24, 2.45) is 5.92 Å². The Balaban J connectivity index is 1.56. The maximum atomic E-state index is 13.3. The van der Waals surface area contributed by atoms with Crippen molar-refractivity contribution in [1.29, 1.82) is 0 Å². The van der Waals surface area contributed by atoms with Crippen LogP contribution in [0.5, 0.6) is 0 Å². The highest BCUT2D eigenvalue weighted by Crippen LogP contribution is 2.35. The highest BCUT2D eigenvalue weighted by Gasteiger charge is 2.34. The second-order valence-corrected chi connectivity index (χ2v) is 6.83. The first-order valence-electron chi connectivity index (χ1n) is 9.28. The molecule has 2 aromatic heterocycles. The third-order valence-electron chi connectivity index (χ3n) is 4.84. The van der Waals surface area contributed by atoms with Crippen molar-refractivity contribution < 1.29 is 17.9 Å². The molecule has 29 heavy (non-hydrogen) atoms. The standard InChI is InChI=1S/C21H19F3N4O/c22-21(23,24)17-12-18(28-20(27-17)15-6-9-25-10-7-15)26-13-16-8-11-29-19(16)14-4-2-1-3-5-14/h1-7,9-10,12,16,19H,8,11,13H2,(H,26,27,28). The number of nitrogens with one attached hydrogen (secondary N) is 1. The van der Waals surface area contributed by atoms with Crippen LogP contribution in [0.3, 0.4) is 0 Å². The topological polar surface area (TPSA) is 59.9 Å². The number of hydrogen-bond acceptors (Lipinski definition) is 5. The molecule has 3 aromatic rings. The molecule has 0 bridgehead atoms. The van der Waals surface area contributed by atoms with E-state index >= 15 is 0 Å². The number of ether oxygens (including phenoxy) is 1. The highest BCUT2D eigenvalue weighted by atomic mass is 19.4. The van der Waals surface area contributed by atoms with Crippen LogP contribution in [0.15, 0.2) is 60.9 Å². The zero-order chi connectivity index (χ0) is 20.3. The molecular formula is C21H19F3N4O. The predicted molar refractivity (Wildman–Crippen MR) is 102 cm³/mol. The van der Waals surface area contributed by atoms with E-state index in [0.717, 1.165) is 18.1 Å². The normalized spacial score (nSPS) is 19.3. The van der Waals surface area contributed by atoms with Crippen molar-refractivity contribution >= 4 is 5.82 Å². The Labute approximate surface area is 166 Å². The van der Waals surface area contributed by atoms with E-state index in [0.29, 0.717) is 18.7 Å². The Bertz CT molecular complexity index is 951. The van der Waals surface area contributed by atoms with Crippen molar-refractivity contribution in [1.82, 2.24) is 15.0 Å². The molecule has 150 valence electrons. The average Bonchev–Trinajstić information content (AvgIpc) is 3.21. The maximum Gasteiger partial charge on any atom is 0.433 e. The molecule has 1 aromatic carbocycles. The van der Waals surface area contributed by atoms with Gasteiger partial charge in [-0.15, -0.1) is 0 Å². The van der Waals surface area contributed by atoms with Gasteiger partial charge in [0.1, 0.15) is 5.82 Å². The minimum absolute atomic E-state index is 0.00649. The van der Waals surface area contributed by atoms with Gasteiger partial charge in [0.25, 0.3) is 0 Å². The molecule has 1 saturated heterocycles. The number of alkyl halides is 3. The first kappa shape index (κ1) is 19.3. The molecule has 0 radical (unpaired) electrons. The summed E-state index contributed by atoms with van der Waals surface area (Å²) in [6.07, 6.45) is -0.850. The van der Waals surface area contributed by atoms with Gasteiger partial charge in [-0.2, -0.15) is 13.2 Å². The first-order chi connectivity index (χ1) is 14.0. The molecule has 1 fully saturated rings. The predicted octanol–water partition coefficient (Wildman–Crippen LogP) is 4.75. The van der Waals surface area contributed by atoms with Gasteiger partial charge in [0.05, 0.1) is 6.10 Å². The van der Waals surface area contributed by atoms with Crippen LogP contribution in [0.1, 0.15) is 23.8 Å². The number of rotatable bonds is 5. The van der Waals surface area contributed by atoms with Gasteiger partial charge in [-0.05, 0) is 24.1 Å². The molecule has 4 rings (SSSR count). The van der Waals surface area contributed by atoms with Crippen LogP contribution in [0.2, 0.25) is 0 Å². The largest absolute Gasteiger partial charge is 0.433 e. The van der Waals surface area contributed by atoms with Crippen LogP contribution in [-0.2, 0) is 10.9 Å². The summed E-state index contributed by atoms with van der Waals surface area (Å²) in [5, 5.41) is 3.06. The van der Waals surface area contributed by atoms with Crippen molar-refractivity contribution in [2.75, 3.05) is 18.5 Å². The number of aromatic nitrogens is 3. The molecule has 5 nitrogen and oxygen atoms in total. The van der Waals surface area contributed by atoms with E-state index in [1.807, 2.05) is 30.3 Å². The van der Waals surface area contributed by atoms with E-state index in [2.05, 4.69) is 20.3 Å². The van der Waals surface area contributed by atoms with Gasteiger partial charge in [0, 0.05) is 43.1 Å². The quantitative estimate of drug-likeness (QED) is 0.670. The van der Waals surface area contributed by atoms with Gasteiger partial charge in [0.2, 0.25) is 0 Å². The Morgan fingerprint density at radius 3 is 2.52 bits per heavy atom. The molecule has 8 heteroatoms. The first-order valence-corrected chi connectivity index (χ1v) is 9.28. The monoisotopic (exact) mass is 400 g/mol. The summed E-state index contributed by atoms with van der Waals surface area (Å²) in [5.74, 6) is 0.274. The number of benzene rings is 1. The van der Waals surface area contributed by atoms with Crippen LogP contribution in [-0.4, -0.2) is 28.1 Å². The summed E-state index contributed by atoms with van der Waals surface area (Å²) in [7, 11) is 0. The van der Waals surface area contributed by atoms with Crippen molar-refractivity contribution in [3.05, 3.63) is 72.2 Å². The van der Waals surface area contributed by atoms with E-state index in [1.165, 1.54) is 12.4 Å². The second-order valence-electron chi connectivity index (χ2n) is 6.83. The Hall–Kier alpha value is -3.00. The summed E-state index contributed by atoms with van der Waals surface area (Å²) in [6.45, 7) is 1.06. The minimum Gasteiger partial charge on any atom is -0.373 e. The minimum atomic E-state index is -4.57. The third kappa shape index (κ3) is 4.54. The molecule has 3 heterocycles. The number of anilines is 1. The third-order valence-corrected chi connectivity index (χ3v) is 4.84. The Morgan fingerprint density at radius 1 is 1.03 bits per heavy atom. The van der Waals surface area contributed by atoms with Crippen molar-refractivity contribution in [3.63, 3.8) is 0 Å². The number of halogens is 3. The number of pyridine rings is 1. The van der Waals surface area contributed by atoms with Crippen LogP contribution >= 0.6 is 0 Å². The van der Waals surface area contributed by atoms with E-state index in [-0.39, 0.29) is 23.7 Å². The fourth-order valence-electron chi connectivity index (χ4n) is 3.40. The smallest absolute Gasteiger partial charge is 0.373 e. The molecule has 1 aliphatic rings. The van der Waals surface area contributed by atoms with Gasteiger partial charge in [0.15, 0.2) is 11.5 Å². The maximum absolute atomic E-state index is 13.3. The Morgan fingerprint density at radius 2 is 1.79 bits per heavy atom. The molecule has 1 N–H and O–H groups in total. The zero-order valence-corrected chi connectivity index (χ0v) is 15.4. The molecule has 2 unspecified atom stereocenters. The van der Waals surface area contributed by atoms with Gasteiger partial charge in [-0.3, -0.25) is 4.98 Å². The molecule has 1 aliphatic heterocycles. The lowest BCUT2D eigenvalue weighted by molar-refractivity contribution is -0.141. The molecule has 0 aliphatic carbocycles. The SMILES string of the molecule is FC(F)(F)c1cc(NCC2CCOC2c2ccccc2)nc(-c2ccncc2)n1. The lowest BCUT2D eigenvalue weighted by Crippen LogP contribution is -2.19. The summed E-state index contributed by atoms with van der Waals surface area (Å²) < 4.78 is 45.9. The van der Waals surface area contributed by atoms with Gasteiger partial charge in [-0.25, -0.2) is 9.97 Å². The van der Waals surface area contributed by atoms with Gasteiger partial charge >= 0.3 is 6.18 Å². The zero-order valence-electron chi connectivity index (χ0n) is 15.4. The molecule has 0 spiro atoms. The van der Waals surface area contributed by atoms with Crippen molar-refractivity contribution in [3.8, 4) is 11.4 Å². The fraction of sp³-hybridized carbons (Fsp3) is 0.286. The van der Waals surface area contributed by atoms with Crippen LogP contribution in [0.25, 0.3) is 11.4 Å². The lowest BCUT2D eigenvalue weighted by Gasteiger charge is -2.20. The van der Waals surface area contributed by atoms with E-state index in [1.54, 1.807) is 12.1 Å². The average molecular weight is 400 g/mol. The van der Waals surface area contributed by atoms with E-state index < -0.39 is 11.9 Å². The number of nitrogens with zero attached hydrogens (tertiary/aromatic N) is 3. The summed E-state index contributed by atoms with van der Waals surface area (Å²) in [4.78, 5) is 11.9. The molecule has 2 atom stereocenters. The van der Waals surface area contributed by atoms with Crippen LogP contribution in [0.4, 0.5) is 19.0 Å². The summed E-state index contributed by atoms with van der Waals surface area (Å²) >= 11 is 0. The lowest BCUT2D eigenvalue weighted by atomic mass is 9.95. The second kappa shape index (κ2) is 8.16. The van der Waals surface area contributed by atoms with E-state index in [4.69, 9.17) is 4.74 Å². The fourth-order valence-corrected chi connectivity index (χ4v) is 3.40. The van der Waals surface area contributed by atoms with Crippen molar-refractivity contribution in [2.45, 2.75) is 18.7 Å². The Kier molecular flexibility index (Phi) is 5.44. The van der Waals surface area contributed by atoms with E-state index in [9.17, 15) is 13.2 Å². The van der Waals surface area contributed by atoms with Crippen LogP contribution < -0.4 is 5.32 Å².